The molecule has 20 heavy (non-hydrogen) atoms. The van der Waals surface area contributed by atoms with Gasteiger partial charge in [-0.15, -0.1) is 0 Å². The fraction of sp³-hybridized carbons (Fsp3) is 0.0714. The van der Waals surface area contributed by atoms with Crippen molar-refractivity contribution in [3.8, 4) is 5.75 Å². The molecule has 6 heteroatoms. The summed E-state index contributed by atoms with van der Waals surface area (Å²) in [6, 6.07) is 9.64. The zero-order valence-electron chi connectivity index (χ0n) is 10.4. The van der Waals surface area contributed by atoms with Gasteiger partial charge < -0.3 is 10.1 Å². The van der Waals surface area contributed by atoms with Crippen LogP contribution in [-0.4, -0.2) is 13.0 Å². The lowest BCUT2D eigenvalue weighted by molar-refractivity contribution is 0.102. The summed E-state index contributed by atoms with van der Waals surface area (Å²) in [6.45, 7) is 0. The minimum atomic E-state index is -0.323. The highest BCUT2D eigenvalue weighted by molar-refractivity contribution is 6.40. The molecule has 0 saturated heterocycles. The second kappa shape index (κ2) is 6.35. The summed E-state index contributed by atoms with van der Waals surface area (Å²) in [5.41, 5.74) is 0.798. The number of hydrogen-bond acceptors (Lipinski definition) is 2. The number of amides is 1. The van der Waals surface area contributed by atoms with Gasteiger partial charge in [-0.1, -0.05) is 34.8 Å². The Labute approximate surface area is 131 Å². The highest BCUT2D eigenvalue weighted by atomic mass is 35.5. The number of anilines is 1. The first-order valence-corrected chi connectivity index (χ1v) is 6.74. The van der Waals surface area contributed by atoms with Crippen LogP contribution in [0, 0.1) is 0 Å². The van der Waals surface area contributed by atoms with Crippen LogP contribution in [-0.2, 0) is 0 Å². The summed E-state index contributed by atoms with van der Waals surface area (Å²) in [5.74, 6) is 0.195. The van der Waals surface area contributed by atoms with Crippen molar-refractivity contribution < 1.29 is 9.53 Å². The molecule has 0 unspecified atom stereocenters. The fourth-order valence-electron chi connectivity index (χ4n) is 1.57. The number of methoxy groups -OCH3 is 1. The molecule has 0 radical (unpaired) electrons. The number of nitrogens with one attached hydrogen (secondary N) is 1. The van der Waals surface area contributed by atoms with Crippen LogP contribution in [0.5, 0.6) is 5.75 Å². The Morgan fingerprint density at radius 2 is 1.60 bits per heavy atom. The van der Waals surface area contributed by atoms with E-state index in [9.17, 15) is 4.79 Å². The maximum absolute atomic E-state index is 12.1. The Balaban J connectivity index is 2.26. The van der Waals surface area contributed by atoms with Crippen molar-refractivity contribution in [2.45, 2.75) is 0 Å². The number of hydrogen-bond donors (Lipinski definition) is 1. The summed E-state index contributed by atoms with van der Waals surface area (Å²) in [6.07, 6.45) is 0. The molecule has 0 aliphatic rings. The summed E-state index contributed by atoms with van der Waals surface area (Å²) in [7, 11) is 1.51. The van der Waals surface area contributed by atoms with Crippen LogP contribution in [0.2, 0.25) is 15.1 Å². The normalized spacial score (nSPS) is 10.2. The molecule has 0 aromatic heterocycles. The molecule has 0 saturated carbocycles. The van der Waals surface area contributed by atoms with Crippen LogP contribution in [0.25, 0.3) is 0 Å². The molecule has 2 aromatic rings. The first-order chi connectivity index (χ1) is 9.51. The van der Waals surface area contributed by atoms with E-state index in [1.807, 2.05) is 0 Å². The second-order valence-electron chi connectivity index (χ2n) is 3.93. The van der Waals surface area contributed by atoms with Gasteiger partial charge in [0.15, 0.2) is 0 Å². The number of carbonyl (C=O) groups excluding carboxylic acids is 1. The molecule has 0 atom stereocenters. The number of ether oxygens (including phenoxy) is 1. The molecular formula is C14H10Cl3NO2. The van der Waals surface area contributed by atoms with E-state index in [-0.39, 0.29) is 5.91 Å². The Morgan fingerprint density at radius 3 is 2.10 bits per heavy atom. The van der Waals surface area contributed by atoms with Gasteiger partial charge in [0.05, 0.1) is 22.8 Å². The van der Waals surface area contributed by atoms with E-state index < -0.39 is 0 Å². The van der Waals surface area contributed by atoms with Crippen molar-refractivity contribution in [3.63, 3.8) is 0 Å². The summed E-state index contributed by atoms with van der Waals surface area (Å²) < 4.78 is 5.04. The minimum Gasteiger partial charge on any atom is -0.497 e. The molecule has 2 rings (SSSR count). The van der Waals surface area contributed by atoms with Gasteiger partial charge in [0.1, 0.15) is 5.75 Å². The topological polar surface area (TPSA) is 38.3 Å². The van der Waals surface area contributed by atoms with Crippen molar-refractivity contribution in [1.82, 2.24) is 0 Å². The first-order valence-electron chi connectivity index (χ1n) is 5.61. The van der Waals surface area contributed by atoms with Gasteiger partial charge in [-0.05, 0) is 24.3 Å². The van der Waals surface area contributed by atoms with E-state index in [1.165, 1.54) is 7.11 Å². The molecule has 1 amide bonds. The third-order valence-corrected chi connectivity index (χ3v) is 3.44. The third kappa shape index (κ3) is 3.37. The Morgan fingerprint density at radius 1 is 1.05 bits per heavy atom. The van der Waals surface area contributed by atoms with Gasteiger partial charge >= 0.3 is 0 Å². The van der Waals surface area contributed by atoms with E-state index in [2.05, 4.69) is 5.32 Å². The van der Waals surface area contributed by atoms with Gasteiger partial charge in [-0.3, -0.25) is 4.79 Å². The molecular weight excluding hydrogens is 321 g/mol. The zero-order valence-corrected chi connectivity index (χ0v) is 12.7. The van der Waals surface area contributed by atoms with Gasteiger partial charge in [-0.2, -0.15) is 0 Å². The summed E-state index contributed by atoms with van der Waals surface area (Å²) in [5, 5.41) is 3.83. The molecule has 104 valence electrons. The zero-order chi connectivity index (χ0) is 14.7. The highest BCUT2D eigenvalue weighted by Gasteiger charge is 2.13. The Bertz CT molecular complexity index is 618. The van der Waals surface area contributed by atoms with Crippen LogP contribution >= 0.6 is 34.8 Å². The van der Waals surface area contributed by atoms with Crippen LogP contribution in [0.4, 0.5) is 5.69 Å². The average molecular weight is 331 g/mol. The van der Waals surface area contributed by atoms with Crippen molar-refractivity contribution in [2.24, 2.45) is 0 Å². The molecule has 3 nitrogen and oxygen atoms in total. The smallest absolute Gasteiger partial charge is 0.255 e. The first kappa shape index (κ1) is 15.0. The van der Waals surface area contributed by atoms with E-state index in [4.69, 9.17) is 39.5 Å². The van der Waals surface area contributed by atoms with E-state index >= 15 is 0 Å². The SMILES string of the molecule is COc1cc(Cl)c(NC(=O)c2ccc(Cl)cc2)c(Cl)c1. The van der Waals surface area contributed by atoms with E-state index in [1.54, 1.807) is 36.4 Å². The largest absolute Gasteiger partial charge is 0.497 e. The molecule has 0 bridgehead atoms. The number of benzene rings is 2. The lowest BCUT2D eigenvalue weighted by Crippen LogP contribution is -2.12. The number of rotatable bonds is 3. The van der Waals surface area contributed by atoms with Gasteiger partial charge in [0.25, 0.3) is 5.91 Å². The van der Waals surface area contributed by atoms with Gasteiger partial charge in [0, 0.05) is 22.7 Å². The van der Waals surface area contributed by atoms with Crippen molar-refractivity contribution in [1.29, 1.82) is 0 Å². The predicted molar refractivity (Wildman–Crippen MR) is 82.4 cm³/mol. The van der Waals surface area contributed by atoms with Crippen molar-refractivity contribution in [2.75, 3.05) is 12.4 Å². The molecule has 0 aliphatic heterocycles. The van der Waals surface area contributed by atoms with E-state index in [0.717, 1.165) is 0 Å². The van der Waals surface area contributed by atoms with Gasteiger partial charge in [-0.25, -0.2) is 0 Å². The Kier molecular flexibility index (Phi) is 4.76. The van der Waals surface area contributed by atoms with Crippen LogP contribution in [0.3, 0.4) is 0 Å². The molecule has 0 heterocycles. The van der Waals surface area contributed by atoms with Crippen LogP contribution in [0.15, 0.2) is 36.4 Å². The molecule has 0 aliphatic carbocycles. The quantitative estimate of drug-likeness (QED) is 0.868. The standard InChI is InChI=1S/C14H10Cl3NO2/c1-20-10-6-11(16)13(12(17)7-10)18-14(19)8-2-4-9(15)5-3-8/h2-7H,1H3,(H,18,19). The van der Waals surface area contributed by atoms with Crippen LogP contribution in [0.1, 0.15) is 10.4 Å². The predicted octanol–water partition coefficient (Wildman–Crippen LogP) is 4.91. The van der Waals surface area contributed by atoms with E-state index in [0.29, 0.717) is 32.1 Å². The molecule has 1 N–H and O–H groups in total. The molecule has 2 aromatic carbocycles. The van der Waals surface area contributed by atoms with Crippen molar-refractivity contribution in [3.05, 3.63) is 57.0 Å². The number of carbonyl (C=O) groups is 1. The Hall–Kier alpha value is -1.42. The monoisotopic (exact) mass is 329 g/mol. The van der Waals surface area contributed by atoms with Gasteiger partial charge in [0.2, 0.25) is 0 Å². The fourth-order valence-corrected chi connectivity index (χ4v) is 2.26. The minimum absolute atomic E-state index is 0.302. The lowest BCUT2D eigenvalue weighted by atomic mass is 10.2. The second-order valence-corrected chi connectivity index (χ2v) is 5.18. The maximum atomic E-state index is 12.1. The highest BCUT2D eigenvalue weighted by Crippen LogP contribution is 2.35. The maximum Gasteiger partial charge on any atom is 0.255 e. The van der Waals surface area contributed by atoms with Crippen LogP contribution < -0.4 is 10.1 Å². The summed E-state index contributed by atoms with van der Waals surface area (Å²) >= 11 is 17.9. The molecule has 0 spiro atoms. The summed E-state index contributed by atoms with van der Waals surface area (Å²) in [4.78, 5) is 12.1. The third-order valence-electron chi connectivity index (χ3n) is 2.60. The van der Waals surface area contributed by atoms with Crippen molar-refractivity contribution >= 4 is 46.4 Å². The average Bonchev–Trinajstić information content (AvgIpc) is 2.43. The number of halogens is 3. The molecule has 0 fully saturated rings. The lowest BCUT2D eigenvalue weighted by Gasteiger charge is -2.11.